The van der Waals surface area contributed by atoms with E-state index in [-0.39, 0.29) is 11.8 Å². The lowest BCUT2D eigenvalue weighted by molar-refractivity contribution is 0.0968. The number of rotatable bonds is 5. The number of ether oxygens (including phenoxy) is 1. The van der Waals surface area contributed by atoms with Crippen LogP contribution < -0.4 is 10.5 Å². The van der Waals surface area contributed by atoms with Gasteiger partial charge in [0.25, 0.3) is 0 Å². The van der Waals surface area contributed by atoms with Crippen LogP contribution in [-0.2, 0) is 0 Å². The van der Waals surface area contributed by atoms with Crippen molar-refractivity contribution in [1.29, 1.82) is 0 Å². The molecular formula is C13H17NO2. The molecule has 0 radical (unpaired) electrons. The Morgan fingerprint density at radius 3 is 2.81 bits per heavy atom. The lowest BCUT2D eigenvalue weighted by Gasteiger charge is -2.11. The minimum absolute atomic E-state index is 0.0115. The predicted molar refractivity (Wildman–Crippen MR) is 62.6 cm³/mol. The average molecular weight is 219 g/mol. The molecule has 0 bridgehead atoms. The van der Waals surface area contributed by atoms with Crippen molar-refractivity contribution in [2.75, 3.05) is 7.11 Å². The van der Waals surface area contributed by atoms with Crippen LogP contribution in [0.4, 0.5) is 0 Å². The fourth-order valence-corrected chi connectivity index (χ4v) is 1.89. The molecule has 1 aromatic rings. The van der Waals surface area contributed by atoms with Crippen molar-refractivity contribution in [3.63, 3.8) is 0 Å². The van der Waals surface area contributed by atoms with E-state index in [0.717, 1.165) is 0 Å². The second kappa shape index (κ2) is 4.66. The van der Waals surface area contributed by atoms with Gasteiger partial charge in [-0.25, -0.2) is 0 Å². The van der Waals surface area contributed by atoms with Gasteiger partial charge >= 0.3 is 0 Å². The Labute approximate surface area is 95.6 Å². The van der Waals surface area contributed by atoms with E-state index in [4.69, 9.17) is 10.5 Å². The third-order valence-corrected chi connectivity index (χ3v) is 3.06. The summed E-state index contributed by atoms with van der Waals surface area (Å²) < 4.78 is 5.16. The highest BCUT2D eigenvalue weighted by Gasteiger charge is 2.30. The summed E-state index contributed by atoms with van der Waals surface area (Å²) in [4.78, 5) is 12.0. The van der Waals surface area contributed by atoms with Crippen LogP contribution in [0.3, 0.4) is 0 Å². The van der Waals surface area contributed by atoms with Crippen molar-refractivity contribution in [2.24, 2.45) is 11.7 Å². The SMILES string of the molecule is COc1ccccc1C(=O)CC(N)C1CC1. The molecule has 1 saturated carbocycles. The third-order valence-electron chi connectivity index (χ3n) is 3.06. The van der Waals surface area contributed by atoms with E-state index >= 15 is 0 Å². The largest absolute Gasteiger partial charge is 0.496 e. The number of hydrogen-bond acceptors (Lipinski definition) is 3. The first-order chi connectivity index (χ1) is 7.72. The number of hydrogen-bond donors (Lipinski definition) is 1. The van der Waals surface area contributed by atoms with E-state index in [1.807, 2.05) is 12.1 Å². The minimum atomic E-state index is 0.0115. The van der Waals surface area contributed by atoms with Gasteiger partial charge < -0.3 is 10.5 Å². The van der Waals surface area contributed by atoms with Crippen molar-refractivity contribution in [3.05, 3.63) is 29.8 Å². The number of carbonyl (C=O) groups is 1. The smallest absolute Gasteiger partial charge is 0.168 e. The molecular weight excluding hydrogens is 202 g/mol. The molecule has 0 heterocycles. The van der Waals surface area contributed by atoms with Gasteiger partial charge in [-0.15, -0.1) is 0 Å². The molecule has 1 unspecified atom stereocenters. The quantitative estimate of drug-likeness (QED) is 0.771. The van der Waals surface area contributed by atoms with E-state index in [0.29, 0.717) is 23.7 Å². The lowest BCUT2D eigenvalue weighted by Crippen LogP contribution is -2.26. The summed E-state index contributed by atoms with van der Waals surface area (Å²) in [7, 11) is 1.58. The number of methoxy groups -OCH3 is 1. The van der Waals surface area contributed by atoms with E-state index in [9.17, 15) is 4.79 Å². The third kappa shape index (κ3) is 2.42. The molecule has 0 amide bonds. The van der Waals surface area contributed by atoms with Crippen LogP contribution in [0, 0.1) is 5.92 Å². The minimum Gasteiger partial charge on any atom is -0.496 e. The molecule has 2 rings (SSSR count). The van der Waals surface area contributed by atoms with Crippen LogP contribution in [0.5, 0.6) is 5.75 Å². The molecule has 0 saturated heterocycles. The topological polar surface area (TPSA) is 52.3 Å². The Hall–Kier alpha value is -1.35. The predicted octanol–water partition coefficient (Wildman–Crippen LogP) is 2.01. The molecule has 1 fully saturated rings. The summed E-state index contributed by atoms with van der Waals surface area (Å²) >= 11 is 0. The summed E-state index contributed by atoms with van der Waals surface area (Å²) in [5.41, 5.74) is 6.59. The van der Waals surface area contributed by atoms with Gasteiger partial charge in [-0.2, -0.15) is 0 Å². The van der Waals surface area contributed by atoms with E-state index < -0.39 is 0 Å². The van der Waals surface area contributed by atoms with Gasteiger partial charge in [0, 0.05) is 12.5 Å². The van der Waals surface area contributed by atoms with Crippen molar-refractivity contribution in [1.82, 2.24) is 0 Å². The molecule has 2 N–H and O–H groups in total. The maximum absolute atomic E-state index is 12.0. The number of carbonyl (C=O) groups excluding carboxylic acids is 1. The van der Waals surface area contributed by atoms with Crippen molar-refractivity contribution in [3.8, 4) is 5.75 Å². The van der Waals surface area contributed by atoms with Crippen molar-refractivity contribution >= 4 is 5.78 Å². The Balaban J connectivity index is 2.07. The van der Waals surface area contributed by atoms with Gasteiger partial charge in [-0.05, 0) is 30.9 Å². The zero-order chi connectivity index (χ0) is 11.5. The number of para-hydroxylation sites is 1. The van der Waals surface area contributed by atoms with Gasteiger partial charge in [-0.3, -0.25) is 4.79 Å². The average Bonchev–Trinajstić information content (AvgIpc) is 3.12. The highest BCUT2D eigenvalue weighted by Crippen LogP contribution is 2.33. The summed E-state index contributed by atoms with van der Waals surface area (Å²) in [6, 6.07) is 7.31. The van der Waals surface area contributed by atoms with Crippen LogP contribution in [0.2, 0.25) is 0 Å². The van der Waals surface area contributed by atoms with Gasteiger partial charge in [0.1, 0.15) is 5.75 Å². The van der Waals surface area contributed by atoms with Crippen LogP contribution in [0.15, 0.2) is 24.3 Å². The van der Waals surface area contributed by atoms with E-state index in [2.05, 4.69) is 0 Å². The molecule has 0 aliphatic heterocycles. The zero-order valence-electron chi connectivity index (χ0n) is 9.48. The monoisotopic (exact) mass is 219 g/mol. The van der Waals surface area contributed by atoms with Gasteiger partial charge in [0.05, 0.1) is 12.7 Å². The van der Waals surface area contributed by atoms with Crippen LogP contribution in [-0.4, -0.2) is 18.9 Å². The number of ketones is 1. The number of nitrogens with two attached hydrogens (primary N) is 1. The Kier molecular flexibility index (Phi) is 3.25. The molecule has 3 nitrogen and oxygen atoms in total. The molecule has 1 aliphatic carbocycles. The van der Waals surface area contributed by atoms with Gasteiger partial charge in [0.15, 0.2) is 5.78 Å². The van der Waals surface area contributed by atoms with E-state index in [1.165, 1.54) is 12.8 Å². The summed E-state index contributed by atoms with van der Waals surface area (Å²) in [6.45, 7) is 0. The zero-order valence-corrected chi connectivity index (χ0v) is 9.48. The second-order valence-corrected chi connectivity index (χ2v) is 4.33. The van der Waals surface area contributed by atoms with Crippen LogP contribution >= 0.6 is 0 Å². The molecule has 0 spiro atoms. The first kappa shape index (κ1) is 11.1. The summed E-state index contributed by atoms with van der Waals surface area (Å²) in [5.74, 6) is 1.27. The molecule has 1 aromatic carbocycles. The van der Waals surface area contributed by atoms with Gasteiger partial charge in [-0.1, -0.05) is 12.1 Å². The molecule has 1 aliphatic rings. The Morgan fingerprint density at radius 2 is 2.19 bits per heavy atom. The highest BCUT2D eigenvalue weighted by atomic mass is 16.5. The van der Waals surface area contributed by atoms with E-state index in [1.54, 1.807) is 19.2 Å². The fraction of sp³-hybridized carbons (Fsp3) is 0.462. The van der Waals surface area contributed by atoms with Crippen LogP contribution in [0.1, 0.15) is 29.6 Å². The lowest BCUT2D eigenvalue weighted by atomic mass is 10.0. The van der Waals surface area contributed by atoms with Crippen LogP contribution in [0.25, 0.3) is 0 Å². The van der Waals surface area contributed by atoms with Crippen molar-refractivity contribution < 1.29 is 9.53 Å². The Morgan fingerprint density at radius 1 is 1.50 bits per heavy atom. The molecule has 0 aromatic heterocycles. The summed E-state index contributed by atoms with van der Waals surface area (Å²) in [5, 5.41) is 0. The first-order valence-corrected chi connectivity index (χ1v) is 5.64. The standard InChI is InChI=1S/C13H17NO2/c1-16-13-5-3-2-4-10(13)12(15)8-11(14)9-6-7-9/h2-5,9,11H,6-8,14H2,1H3. The fourth-order valence-electron chi connectivity index (χ4n) is 1.89. The Bertz CT molecular complexity index is 385. The first-order valence-electron chi connectivity index (χ1n) is 5.64. The van der Waals surface area contributed by atoms with Gasteiger partial charge in [0.2, 0.25) is 0 Å². The second-order valence-electron chi connectivity index (χ2n) is 4.33. The molecule has 1 atom stereocenters. The molecule has 16 heavy (non-hydrogen) atoms. The highest BCUT2D eigenvalue weighted by molar-refractivity contribution is 5.99. The summed E-state index contributed by atoms with van der Waals surface area (Å²) in [6.07, 6.45) is 2.76. The number of benzene rings is 1. The van der Waals surface area contributed by atoms with Crippen molar-refractivity contribution in [2.45, 2.75) is 25.3 Å². The molecule has 86 valence electrons. The number of Topliss-reactive ketones (excluding diaryl/α,β-unsaturated/α-hetero) is 1. The molecule has 3 heteroatoms. The normalized spacial score (nSPS) is 16.9. The maximum atomic E-state index is 12.0. The maximum Gasteiger partial charge on any atom is 0.168 e.